The number of nitrogens with two attached hydrogens (primary N) is 1. The first-order chi connectivity index (χ1) is 7.79. The van der Waals surface area contributed by atoms with E-state index in [1.165, 1.54) is 0 Å². The molecule has 0 saturated carbocycles. The molecule has 0 aliphatic carbocycles. The van der Waals surface area contributed by atoms with Crippen LogP contribution < -0.4 is 11.1 Å². The lowest BCUT2D eigenvalue weighted by molar-refractivity contribution is 0.343. The van der Waals surface area contributed by atoms with Gasteiger partial charge in [-0.05, 0) is 32.6 Å². The quantitative estimate of drug-likeness (QED) is 0.561. The standard InChI is InChI=1S/C10H16N6/c1-12-10(11)15-8-6-14-16(7-8)9-2-4-13-5-3-9/h6-7,9,13H,1-5H2,(H2,11,15). The summed E-state index contributed by atoms with van der Waals surface area (Å²) >= 11 is 0. The van der Waals surface area contributed by atoms with E-state index in [0.29, 0.717) is 6.04 Å². The summed E-state index contributed by atoms with van der Waals surface area (Å²) in [5.41, 5.74) is 6.19. The van der Waals surface area contributed by atoms with Crippen molar-refractivity contribution in [3.8, 4) is 0 Å². The maximum atomic E-state index is 5.47. The van der Waals surface area contributed by atoms with Crippen molar-refractivity contribution in [3.05, 3.63) is 12.4 Å². The lowest BCUT2D eigenvalue weighted by Gasteiger charge is -2.22. The van der Waals surface area contributed by atoms with Gasteiger partial charge in [0.1, 0.15) is 5.69 Å². The zero-order valence-corrected chi connectivity index (χ0v) is 9.13. The zero-order chi connectivity index (χ0) is 11.4. The van der Waals surface area contributed by atoms with Gasteiger partial charge in [0.2, 0.25) is 5.96 Å². The normalized spacial score (nSPS) is 18.6. The van der Waals surface area contributed by atoms with Crippen LogP contribution in [0.1, 0.15) is 18.9 Å². The van der Waals surface area contributed by atoms with Crippen molar-refractivity contribution in [1.82, 2.24) is 15.1 Å². The van der Waals surface area contributed by atoms with Crippen molar-refractivity contribution in [2.45, 2.75) is 18.9 Å². The zero-order valence-electron chi connectivity index (χ0n) is 9.13. The molecule has 3 N–H and O–H groups in total. The van der Waals surface area contributed by atoms with Crippen molar-refractivity contribution < 1.29 is 0 Å². The molecule has 6 nitrogen and oxygen atoms in total. The first kappa shape index (κ1) is 10.8. The third-order valence-electron chi connectivity index (χ3n) is 2.68. The molecule has 0 atom stereocenters. The van der Waals surface area contributed by atoms with Crippen molar-refractivity contribution in [1.29, 1.82) is 0 Å². The van der Waals surface area contributed by atoms with Crippen LogP contribution in [0.15, 0.2) is 22.4 Å². The number of aromatic nitrogens is 2. The number of hydrogen-bond donors (Lipinski definition) is 2. The molecule has 6 heteroatoms. The predicted molar refractivity (Wildman–Crippen MR) is 64.2 cm³/mol. The van der Waals surface area contributed by atoms with Gasteiger partial charge in [-0.1, -0.05) is 0 Å². The molecule has 0 bridgehead atoms. The molecule has 0 spiro atoms. The van der Waals surface area contributed by atoms with Crippen LogP contribution in [0.25, 0.3) is 0 Å². The van der Waals surface area contributed by atoms with Gasteiger partial charge < -0.3 is 11.1 Å². The highest BCUT2D eigenvalue weighted by atomic mass is 15.3. The molecule has 2 rings (SSSR count). The van der Waals surface area contributed by atoms with E-state index >= 15 is 0 Å². The van der Waals surface area contributed by atoms with Gasteiger partial charge in [-0.3, -0.25) is 4.68 Å². The fourth-order valence-corrected chi connectivity index (χ4v) is 1.82. The van der Waals surface area contributed by atoms with E-state index in [-0.39, 0.29) is 5.96 Å². The monoisotopic (exact) mass is 220 g/mol. The smallest absolute Gasteiger partial charge is 0.220 e. The molecule has 0 amide bonds. The molecular formula is C10H16N6. The summed E-state index contributed by atoms with van der Waals surface area (Å²) in [4.78, 5) is 7.60. The van der Waals surface area contributed by atoms with E-state index in [1.807, 2.05) is 10.9 Å². The summed E-state index contributed by atoms with van der Waals surface area (Å²) in [5, 5.41) is 7.61. The number of nitrogens with one attached hydrogen (secondary N) is 1. The molecule has 0 unspecified atom stereocenters. The van der Waals surface area contributed by atoms with Crippen LogP contribution in [0.2, 0.25) is 0 Å². The molecule has 2 heterocycles. The molecule has 1 aromatic heterocycles. The number of nitrogens with zero attached hydrogens (tertiary/aromatic N) is 4. The fraction of sp³-hybridized carbons (Fsp3) is 0.500. The van der Waals surface area contributed by atoms with E-state index in [4.69, 9.17) is 5.73 Å². The predicted octanol–water partition coefficient (Wildman–Crippen LogP) is 0.454. The minimum absolute atomic E-state index is 0.171. The van der Waals surface area contributed by atoms with Gasteiger partial charge in [0.05, 0.1) is 18.4 Å². The molecule has 1 fully saturated rings. The summed E-state index contributed by atoms with van der Waals surface area (Å²) in [5.74, 6) is 0.171. The van der Waals surface area contributed by atoms with E-state index in [1.54, 1.807) is 6.20 Å². The second-order valence-corrected chi connectivity index (χ2v) is 3.79. The molecule has 1 aliphatic heterocycles. The van der Waals surface area contributed by atoms with E-state index < -0.39 is 0 Å². The summed E-state index contributed by atoms with van der Waals surface area (Å²) in [7, 11) is 0. The average Bonchev–Trinajstić information content (AvgIpc) is 2.78. The van der Waals surface area contributed by atoms with E-state index in [2.05, 4.69) is 27.1 Å². The molecular weight excluding hydrogens is 204 g/mol. The van der Waals surface area contributed by atoms with Gasteiger partial charge in [0.25, 0.3) is 0 Å². The minimum atomic E-state index is 0.171. The number of aliphatic imine (C=N–C) groups is 2. The third-order valence-corrected chi connectivity index (χ3v) is 2.68. The minimum Gasteiger partial charge on any atom is -0.368 e. The summed E-state index contributed by atoms with van der Waals surface area (Å²) in [6.07, 6.45) is 5.79. The Hall–Kier alpha value is -1.69. The van der Waals surface area contributed by atoms with Gasteiger partial charge in [-0.2, -0.15) is 5.10 Å². The Bertz CT molecular complexity index is 388. The van der Waals surface area contributed by atoms with Crippen LogP contribution >= 0.6 is 0 Å². The summed E-state index contributed by atoms with van der Waals surface area (Å²) < 4.78 is 1.95. The second kappa shape index (κ2) is 4.89. The summed E-state index contributed by atoms with van der Waals surface area (Å²) in [6.45, 7) is 5.39. The molecule has 0 aromatic carbocycles. The highest BCUT2D eigenvalue weighted by Gasteiger charge is 2.15. The van der Waals surface area contributed by atoms with Gasteiger partial charge in [-0.15, -0.1) is 0 Å². The van der Waals surface area contributed by atoms with Gasteiger partial charge in [0, 0.05) is 0 Å². The maximum Gasteiger partial charge on any atom is 0.220 e. The molecule has 16 heavy (non-hydrogen) atoms. The third kappa shape index (κ3) is 2.46. The van der Waals surface area contributed by atoms with Crippen molar-refractivity contribution in [2.75, 3.05) is 13.1 Å². The highest BCUT2D eigenvalue weighted by molar-refractivity contribution is 5.84. The van der Waals surface area contributed by atoms with Gasteiger partial charge in [0.15, 0.2) is 0 Å². The Balaban J connectivity index is 2.09. The fourth-order valence-electron chi connectivity index (χ4n) is 1.82. The topological polar surface area (TPSA) is 80.6 Å². The van der Waals surface area contributed by atoms with Crippen LogP contribution in [0.3, 0.4) is 0 Å². The number of guanidine groups is 1. The van der Waals surface area contributed by atoms with E-state index in [9.17, 15) is 0 Å². The Labute approximate surface area is 94.3 Å². The number of rotatable bonds is 2. The van der Waals surface area contributed by atoms with Crippen LogP contribution in [0.5, 0.6) is 0 Å². The lowest BCUT2D eigenvalue weighted by Crippen LogP contribution is -2.29. The Morgan fingerprint density at radius 2 is 2.31 bits per heavy atom. The van der Waals surface area contributed by atoms with Crippen LogP contribution in [-0.2, 0) is 0 Å². The Kier molecular flexibility index (Phi) is 3.31. The van der Waals surface area contributed by atoms with Crippen molar-refractivity contribution in [3.63, 3.8) is 0 Å². The Morgan fingerprint density at radius 1 is 1.56 bits per heavy atom. The summed E-state index contributed by atoms with van der Waals surface area (Å²) in [6, 6.07) is 0.461. The van der Waals surface area contributed by atoms with E-state index in [0.717, 1.165) is 31.6 Å². The van der Waals surface area contributed by atoms with Gasteiger partial charge >= 0.3 is 0 Å². The molecule has 86 valence electrons. The van der Waals surface area contributed by atoms with Crippen LogP contribution in [0, 0.1) is 0 Å². The number of piperidine rings is 1. The van der Waals surface area contributed by atoms with Crippen LogP contribution in [0.4, 0.5) is 5.69 Å². The van der Waals surface area contributed by atoms with Crippen LogP contribution in [-0.4, -0.2) is 35.5 Å². The first-order valence-corrected chi connectivity index (χ1v) is 5.35. The molecule has 1 aromatic rings. The lowest BCUT2D eigenvalue weighted by atomic mass is 10.1. The van der Waals surface area contributed by atoms with Crippen molar-refractivity contribution in [2.24, 2.45) is 15.7 Å². The average molecular weight is 220 g/mol. The Morgan fingerprint density at radius 3 is 3.00 bits per heavy atom. The highest BCUT2D eigenvalue weighted by Crippen LogP contribution is 2.20. The van der Waals surface area contributed by atoms with Gasteiger partial charge in [-0.25, -0.2) is 9.98 Å². The molecule has 1 aliphatic rings. The largest absolute Gasteiger partial charge is 0.368 e. The SMILES string of the molecule is C=NC(N)=Nc1cnn(C2CCNCC2)c1. The number of hydrogen-bond acceptors (Lipinski definition) is 3. The van der Waals surface area contributed by atoms with Crippen molar-refractivity contribution >= 4 is 18.4 Å². The molecule has 0 radical (unpaired) electrons. The maximum absolute atomic E-state index is 5.47. The second-order valence-electron chi connectivity index (χ2n) is 3.79. The molecule has 1 saturated heterocycles. The first-order valence-electron chi connectivity index (χ1n) is 5.35.